The Kier molecular flexibility index (Phi) is 4.23. The first-order chi connectivity index (χ1) is 10.3. The second-order valence-electron chi connectivity index (χ2n) is 5.87. The number of nitrogens with zero attached hydrogens (tertiary/aromatic N) is 3. The van der Waals surface area contributed by atoms with Crippen LogP contribution in [0.15, 0.2) is 18.2 Å². The molecular weight excluding hydrogens is 262 g/mol. The van der Waals surface area contributed by atoms with Gasteiger partial charge in [0.2, 0.25) is 6.41 Å². The first-order valence-corrected chi connectivity index (χ1v) is 7.46. The summed E-state index contributed by atoms with van der Waals surface area (Å²) in [5.74, 6) is 2.71. The minimum Gasteiger partial charge on any atom is -0.337 e. The molecule has 0 atom stereocenters. The maximum absolute atomic E-state index is 10.9. The first kappa shape index (κ1) is 14.1. The number of amides is 1. The summed E-state index contributed by atoms with van der Waals surface area (Å²) >= 11 is 0. The van der Waals surface area contributed by atoms with E-state index >= 15 is 0 Å². The largest absolute Gasteiger partial charge is 0.337 e. The van der Waals surface area contributed by atoms with E-state index in [0.29, 0.717) is 0 Å². The average Bonchev–Trinajstić information content (AvgIpc) is 2.92. The maximum Gasteiger partial charge on any atom is 0.210 e. The number of piperazine rings is 1. The van der Waals surface area contributed by atoms with Gasteiger partial charge in [0.1, 0.15) is 0 Å². The minimum absolute atomic E-state index is 0.753. The Hall–Kier alpha value is -1.83. The molecule has 110 valence electrons. The molecule has 0 N–H and O–H groups in total. The van der Waals surface area contributed by atoms with Gasteiger partial charge < -0.3 is 4.90 Å². The van der Waals surface area contributed by atoms with E-state index in [0.717, 1.165) is 58.8 Å². The molecule has 4 heteroatoms. The lowest BCUT2D eigenvalue weighted by molar-refractivity contribution is -0.118. The van der Waals surface area contributed by atoms with Crippen molar-refractivity contribution in [2.24, 2.45) is 0 Å². The van der Waals surface area contributed by atoms with Crippen LogP contribution in [0.2, 0.25) is 0 Å². The Labute approximate surface area is 126 Å². The maximum atomic E-state index is 10.9. The predicted molar refractivity (Wildman–Crippen MR) is 82.3 cm³/mol. The summed E-state index contributed by atoms with van der Waals surface area (Å²) in [7, 11) is 0. The Morgan fingerprint density at radius 2 is 1.81 bits per heavy atom. The van der Waals surface area contributed by atoms with Gasteiger partial charge in [-0.1, -0.05) is 24.1 Å². The zero-order valence-corrected chi connectivity index (χ0v) is 12.3. The van der Waals surface area contributed by atoms with Gasteiger partial charge >= 0.3 is 0 Å². The summed E-state index contributed by atoms with van der Waals surface area (Å²) in [4.78, 5) is 17.5. The van der Waals surface area contributed by atoms with Crippen LogP contribution in [0.1, 0.15) is 16.7 Å². The molecule has 0 unspecified atom stereocenters. The molecule has 0 bridgehead atoms. The average molecular weight is 283 g/mol. The van der Waals surface area contributed by atoms with Gasteiger partial charge in [0.15, 0.2) is 0 Å². The minimum atomic E-state index is 0.753. The highest BCUT2D eigenvalue weighted by molar-refractivity contribution is 5.51. The zero-order chi connectivity index (χ0) is 14.7. The van der Waals surface area contributed by atoms with Crippen molar-refractivity contribution in [2.45, 2.75) is 19.6 Å². The van der Waals surface area contributed by atoms with Gasteiger partial charge in [-0.15, -0.1) is 6.42 Å². The molecule has 4 nitrogen and oxygen atoms in total. The lowest BCUT2D eigenvalue weighted by Crippen LogP contribution is -2.45. The van der Waals surface area contributed by atoms with E-state index in [-0.39, 0.29) is 0 Å². The van der Waals surface area contributed by atoms with E-state index in [4.69, 9.17) is 6.42 Å². The fourth-order valence-corrected chi connectivity index (χ4v) is 3.14. The number of fused-ring (bicyclic) bond motifs is 1. The first-order valence-electron chi connectivity index (χ1n) is 7.46. The van der Waals surface area contributed by atoms with Crippen LogP contribution in [-0.2, 0) is 24.4 Å². The lowest BCUT2D eigenvalue weighted by Gasteiger charge is -2.33. The third-order valence-corrected chi connectivity index (χ3v) is 4.35. The summed E-state index contributed by atoms with van der Waals surface area (Å²) in [5.41, 5.74) is 3.92. The third-order valence-electron chi connectivity index (χ3n) is 4.35. The summed E-state index contributed by atoms with van der Waals surface area (Å²) in [6.07, 6.45) is 6.29. The summed E-state index contributed by atoms with van der Waals surface area (Å²) in [6.45, 7) is 7.49. The second kappa shape index (κ2) is 6.30. The standard InChI is InChI=1S/C17H21N3O/c1-2-5-18-6-8-19(9-7-18)11-15-3-4-16-12-20(14-21)13-17(16)10-15/h1,3-4,10,14H,5-9,11-13H2. The fraction of sp³-hybridized carbons (Fsp3) is 0.471. The Morgan fingerprint density at radius 3 is 2.52 bits per heavy atom. The van der Waals surface area contributed by atoms with Gasteiger partial charge in [-0.05, 0) is 16.7 Å². The topological polar surface area (TPSA) is 26.8 Å². The van der Waals surface area contributed by atoms with Crippen LogP contribution in [0.5, 0.6) is 0 Å². The van der Waals surface area contributed by atoms with Gasteiger partial charge in [0.05, 0.1) is 6.54 Å². The molecule has 0 aliphatic carbocycles. The highest BCUT2D eigenvalue weighted by Gasteiger charge is 2.19. The van der Waals surface area contributed by atoms with Crippen LogP contribution >= 0.6 is 0 Å². The Balaban J connectivity index is 1.58. The monoisotopic (exact) mass is 283 g/mol. The van der Waals surface area contributed by atoms with Gasteiger partial charge in [0, 0.05) is 45.8 Å². The van der Waals surface area contributed by atoms with Crippen molar-refractivity contribution in [3.63, 3.8) is 0 Å². The Morgan fingerprint density at radius 1 is 1.10 bits per heavy atom. The normalized spacial score (nSPS) is 19.3. The number of benzene rings is 1. The van der Waals surface area contributed by atoms with E-state index in [2.05, 4.69) is 33.9 Å². The van der Waals surface area contributed by atoms with Gasteiger partial charge in [0.25, 0.3) is 0 Å². The number of hydrogen-bond acceptors (Lipinski definition) is 3. The summed E-state index contributed by atoms with van der Waals surface area (Å²) in [6, 6.07) is 6.62. The summed E-state index contributed by atoms with van der Waals surface area (Å²) in [5, 5.41) is 0. The number of carbonyl (C=O) groups is 1. The van der Waals surface area contributed by atoms with Crippen LogP contribution in [-0.4, -0.2) is 53.8 Å². The quantitative estimate of drug-likeness (QED) is 0.607. The van der Waals surface area contributed by atoms with Crippen molar-refractivity contribution >= 4 is 6.41 Å². The molecule has 1 saturated heterocycles. The summed E-state index contributed by atoms with van der Waals surface area (Å²) < 4.78 is 0. The molecule has 0 radical (unpaired) electrons. The van der Waals surface area contributed by atoms with Crippen molar-refractivity contribution in [1.29, 1.82) is 0 Å². The second-order valence-corrected chi connectivity index (χ2v) is 5.87. The molecule has 0 spiro atoms. The van der Waals surface area contributed by atoms with Crippen molar-refractivity contribution in [1.82, 2.24) is 14.7 Å². The van der Waals surface area contributed by atoms with Gasteiger partial charge in [-0.25, -0.2) is 0 Å². The molecule has 1 aromatic carbocycles. The molecule has 1 aromatic rings. The highest BCUT2D eigenvalue weighted by atomic mass is 16.1. The molecular formula is C17H21N3O. The van der Waals surface area contributed by atoms with E-state index < -0.39 is 0 Å². The van der Waals surface area contributed by atoms with E-state index in [1.54, 1.807) is 0 Å². The zero-order valence-electron chi connectivity index (χ0n) is 12.3. The molecule has 3 rings (SSSR count). The molecule has 1 fully saturated rings. The van der Waals surface area contributed by atoms with Crippen LogP contribution in [0.3, 0.4) is 0 Å². The number of terminal acetylenes is 1. The van der Waals surface area contributed by atoms with Crippen LogP contribution in [0.4, 0.5) is 0 Å². The fourth-order valence-electron chi connectivity index (χ4n) is 3.14. The molecule has 2 heterocycles. The predicted octanol–water partition coefficient (Wildman–Crippen LogP) is 0.909. The molecule has 1 amide bonds. The molecule has 0 aromatic heterocycles. The number of rotatable bonds is 4. The van der Waals surface area contributed by atoms with E-state index in [1.807, 2.05) is 4.90 Å². The van der Waals surface area contributed by atoms with Crippen LogP contribution < -0.4 is 0 Å². The number of hydrogen-bond donors (Lipinski definition) is 0. The van der Waals surface area contributed by atoms with Gasteiger partial charge in [-0.2, -0.15) is 0 Å². The SMILES string of the molecule is C#CCN1CCN(Cc2ccc3c(c2)CN(C=O)C3)CC1. The molecule has 0 saturated carbocycles. The third kappa shape index (κ3) is 3.26. The van der Waals surface area contributed by atoms with E-state index in [1.165, 1.54) is 16.7 Å². The van der Waals surface area contributed by atoms with Crippen molar-refractivity contribution in [3.8, 4) is 12.3 Å². The number of carbonyl (C=O) groups excluding carboxylic acids is 1. The smallest absolute Gasteiger partial charge is 0.210 e. The molecule has 2 aliphatic heterocycles. The van der Waals surface area contributed by atoms with Crippen LogP contribution in [0, 0.1) is 12.3 Å². The lowest BCUT2D eigenvalue weighted by atomic mass is 10.1. The Bertz CT molecular complexity index is 556. The van der Waals surface area contributed by atoms with Crippen molar-refractivity contribution < 1.29 is 4.79 Å². The molecule has 21 heavy (non-hydrogen) atoms. The van der Waals surface area contributed by atoms with Crippen molar-refractivity contribution in [3.05, 3.63) is 34.9 Å². The van der Waals surface area contributed by atoms with E-state index in [9.17, 15) is 4.79 Å². The van der Waals surface area contributed by atoms with Crippen LogP contribution in [0.25, 0.3) is 0 Å². The van der Waals surface area contributed by atoms with Crippen molar-refractivity contribution in [2.75, 3.05) is 32.7 Å². The molecule has 2 aliphatic rings. The van der Waals surface area contributed by atoms with Gasteiger partial charge in [-0.3, -0.25) is 14.6 Å². The highest BCUT2D eigenvalue weighted by Crippen LogP contribution is 2.23.